The second-order valence-corrected chi connectivity index (χ2v) is 3.63. The Morgan fingerprint density at radius 3 is 2.42 bits per heavy atom. The number of nitrogens with one attached hydrogen (secondary N) is 1. The predicted molar refractivity (Wildman–Crippen MR) is 51.5 cm³/mol. The minimum atomic E-state index is -1.42. The molecule has 3 N–H and O–H groups in total. The number of H-pyrrole nitrogens is 1. The summed E-state index contributed by atoms with van der Waals surface area (Å²) >= 11 is 0. The van der Waals surface area contributed by atoms with E-state index in [4.69, 9.17) is 4.74 Å². The van der Waals surface area contributed by atoms with Gasteiger partial charge in [0.15, 0.2) is 6.23 Å². The normalized spacial score (nSPS) is 29.4. The number of aliphatic hydroxyl groups is 2. The number of hydrogen-bond donors (Lipinski definition) is 3. The summed E-state index contributed by atoms with van der Waals surface area (Å²) in [7, 11) is 0. The van der Waals surface area contributed by atoms with Crippen molar-refractivity contribution in [2.24, 2.45) is 0 Å². The summed E-state index contributed by atoms with van der Waals surface area (Å²) < 4.78 is 5.92. The van der Waals surface area contributed by atoms with Crippen molar-refractivity contribution in [3.63, 3.8) is 0 Å². The topological polar surface area (TPSA) is 128 Å². The van der Waals surface area contributed by atoms with Crippen LogP contribution in [0.1, 0.15) is 6.23 Å². The number of aromatic nitrogens is 2. The Morgan fingerprint density at radius 1 is 1.32 bits per heavy atom. The summed E-state index contributed by atoms with van der Waals surface area (Å²) in [6, 6.07) is 1.07. The van der Waals surface area contributed by atoms with Gasteiger partial charge in [-0.1, -0.05) is 6.10 Å². The van der Waals surface area contributed by atoms with E-state index in [-0.39, 0.29) is 59.1 Å². The minimum Gasteiger partial charge on any atom is -1.03 e. The van der Waals surface area contributed by atoms with Crippen LogP contribution in [0.4, 0.5) is 0 Å². The van der Waals surface area contributed by atoms with Gasteiger partial charge in [-0.15, -0.1) is 0 Å². The van der Waals surface area contributed by atoms with Crippen LogP contribution < -0.4 is 75.5 Å². The molecule has 0 amide bonds. The third-order valence-electron chi connectivity index (χ3n) is 2.53. The first-order chi connectivity index (χ1) is 8.04. The fraction of sp³-hybridized carbons (Fsp3) is 0.444. The molecule has 1 fully saturated rings. The first kappa shape index (κ1) is 19.5. The molecule has 1 aromatic rings. The molecule has 4 atom stereocenters. The van der Waals surface area contributed by atoms with Crippen LogP contribution in [0, 0.1) is 6.61 Å². The number of rotatable bonds is 2. The molecular weight excluding hydrogens is 278 g/mol. The van der Waals surface area contributed by atoms with Crippen molar-refractivity contribution < 1.29 is 79.2 Å². The molecule has 0 radical (unpaired) electrons. The zero-order chi connectivity index (χ0) is 12.6. The van der Waals surface area contributed by atoms with Gasteiger partial charge >= 0.3 is 64.8 Å². The number of ether oxygens (including phenoxy) is 1. The van der Waals surface area contributed by atoms with Crippen LogP contribution in [0.15, 0.2) is 21.9 Å². The molecule has 0 aromatic carbocycles. The van der Waals surface area contributed by atoms with E-state index in [0.29, 0.717) is 6.61 Å². The minimum absolute atomic E-state index is 0. The molecule has 2 rings (SSSR count). The Kier molecular flexibility index (Phi) is 8.30. The van der Waals surface area contributed by atoms with Crippen LogP contribution in [-0.4, -0.2) is 38.1 Å². The van der Waals surface area contributed by atoms with E-state index in [0.717, 1.165) is 16.8 Å². The molecule has 2 heterocycles. The number of nitrogens with zero attached hydrogens (tertiary/aromatic N) is 1. The van der Waals surface area contributed by atoms with E-state index in [1.807, 2.05) is 4.98 Å². The Morgan fingerprint density at radius 2 is 1.95 bits per heavy atom. The molecule has 0 bridgehead atoms. The third kappa shape index (κ3) is 4.01. The molecule has 0 aliphatic carbocycles. The second-order valence-electron chi connectivity index (χ2n) is 3.63. The van der Waals surface area contributed by atoms with Gasteiger partial charge in [-0.05, 0) is 0 Å². The van der Waals surface area contributed by atoms with E-state index in [9.17, 15) is 24.9 Å². The van der Waals surface area contributed by atoms with E-state index in [1.165, 1.54) is 0 Å². The van der Waals surface area contributed by atoms with Crippen molar-refractivity contribution in [2.75, 3.05) is 0 Å². The maximum Gasteiger partial charge on any atom is 1.00 e. The largest absolute Gasteiger partial charge is 1.03 e. The van der Waals surface area contributed by atoms with Gasteiger partial charge in [-0.2, -0.15) is 0 Å². The summed E-state index contributed by atoms with van der Waals surface area (Å²) in [5.74, 6) is 0. The van der Waals surface area contributed by atoms with Crippen molar-refractivity contribution in [3.05, 3.63) is 39.7 Å². The van der Waals surface area contributed by atoms with Gasteiger partial charge < -0.3 is 26.7 Å². The average molecular weight is 288 g/mol. The van der Waals surface area contributed by atoms with Gasteiger partial charge in [0.25, 0.3) is 5.56 Å². The summed E-state index contributed by atoms with van der Waals surface area (Å²) in [5.41, 5.74) is -1.38. The molecule has 10 heteroatoms. The summed E-state index contributed by atoms with van der Waals surface area (Å²) in [5, 5.41) is 29.6. The molecule has 1 aliphatic rings. The van der Waals surface area contributed by atoms with Crippen molar-refractivity contribution in [3.8, 4) is 0 Å². The molecule has 1 aromatic heterocycles. The Labute approximate surface area is 152 Å². The SMILES string of the molecule is O=c1ccn([C@@H]2O[C@H]([CH-][O-])[C@@H](O)[C@H]2O)c(=O)[nH]1.[Na+].[Na+]. The zero-order valence-electron chi connectivity index (χ0n) is 10.5. The monoisotopic (exact) mass is 288 g/mol. The average Bonchev–Trinajstić information content (AvgIpc) is 2.57. The maximum absolute atomic E-state index is 11.4. The molecule has 1 aliphatic heterocycles. The fourth-order valence-corrected chi connectivity index (χ4v) is 1.66. The first-order valence-electron chi connectivity index (χ1n) is 4.83. The van der Waals surface area contributed by atoms with E-state index in [1.54, 1.807) is 0 Å². The number of aromatic amines is 1. The Bertz CT molecular complexity index is 518. The molecular formula is C9H10N2Na2O6. The van der Waals surface area contributed by atoms with Gasteiger partial charge in [0.2, 0.25) is 0 Å². The quantitative estimate of drug-likeness (QED) is 0.366. The molecule has 94 valence electrons. The van der Waals surface area contributed by atoms with Gasteiger partial charge in [-0.3, -0.25) is 14.3 Å². The summed E-state index contributed by atoms with van der Waals surface area (Å²) in [6.07, 6.45) is -4.11. The smallest absolute Gasteiger partial charge is 1.00 e. The van der Waals surface area contributed by atoms with Gasteiger partial charge in [-0.25, -0.2) is 4.79 Å². The van der Waals surface area contributed by atoms with Crippen molar-refractivity contribution in [1.29, 1.82) is 0 Å². The zero-order valence-corrected chi connectivity index (χ0v) is 14.5. The van der Waals surface area contributed by atoms with Gasteiger partial charge in [0.05, 0.1) is 6.10 Å². The van der Waals surface area contributed by atoms with Gasteiger partial charge in [0.1, 0.15) is 6.10 Å². The van der Waals surface area contributed by atoms with Crippen LogP contribution in [0.2, 0.25) is 0 Å². The van der Waals surface area contributed by atoms with Crippen LogP contribution in [-0.2, 0) is 4.74 Å². The molecule has 1 saturated heterocycles. The summed E-state index contributed by atoms with van der Waals surface area (Å²) in [4.78, 5) is 24.2. The molecule has 0 saturated carbocycles. The molecule has 0 unspecified atom stereocenters. The van der Waals surface area contributed by atoms with Gasteiger partial charge in [0, 0.05) is 12.3 Å². The predicted octanol–water partition coefficient (Wildman–Crippen LogP) is -9.31. The van der Waals surface area contributed by atoms with Crippen LogP contribution >= 0.6 is 0 Å². The summed E-state index contributed by atoms with van der Waals surface area (Å²) in [6.45, 7) is 0.338. The van der Waals surface area contributed by atoms with Crippen LogP contribution in [0.5, 0.6) is 0 Å². The van der Waals surface area contributed by atoms with Crippen molar-refractivity contribution >= 4 is 0 Å². The van der Waals surface area contributed by atoms with Crippen molar-refractivity contribution in [2.45, 2.75) is 24.5 Å². The number of aliphatic hydroxyl groups excluding tert-OH is 2. The van der Waals surface area contributed by atoms with E-state index in [2.05, 4.69) is 0 Å². The van der Waals surface area contributed by atoms with E-state index < -0.39 is 35.8 Å². The molecule has 19 heavy (non-hydrogen) atoms. The number of hydrogen-bond acceptors (Lipinski definition) is 6. The standard InChI is InChI=1S/C9H10N2O6.2Na/c12-3-4-6(14)7(15)8(17-4)11-2-1-5(13)10-9(11)16;;/h1-4,6-8,14-15H,(H,10,13,16);;/q-2;2*+1/t4-,6-,7-,8-;;/m1../s1. The van der Waals surface area contributed by atoms with Crippen molar-refractivity contribution in [1.82, 2.24) is 9.55 Å². The third-order valence-corrected chi connectivity index (χ3v) is 2.53. The Hall–Kier alpha value is 0.520. The maximum atomic E-state index is 11.4. The molecule has 8 nitrogen and oxygen atoms in total. The fourth-order valence-electron chi connectivity index (χ4n) is 1.66. The van der Waals surface area contributed by atoms with Crippen LogP contribution in [0.25, 0.3) is 0 Å². The first-order valence-corrected chi connectivity index (χ1v) is 4.83. The second kappa shape index (κ2) is 8.08. The van der Waals surface area contributed by atoms with Crippen LogP contribution in [0.3, 0.4) is 0 Å². The van der Waals surface area contributed by atoms with E-state index >= 15 is 0 Å². The Balaban J connectivity index is 0.00000162. The molecule has 0 spiro atoms.